The van der Waals surface area contributed by atoms with Gasteiger partial charge in [0.25, 0.3) is 0 Å². The molecule has 1 aliphatic carbocycles. The molecule has 0 unspecified atom stereocenters. The molecule has 20 nitrogen and oxygen atoms in total. The highest BCUT2D eigenvalue weighted by atomic mass is 16.6. The van der Waals surface area contributed by atoms with Gasteiger partial charge in [-0.1, -0.05) is 136 Å². The molecule has 0 aliphatic heterocycles. The molecule has 2 aromatic carbocycles. The number of amides is 2. The van der Waals surface area contributed by atoms with Gasteiger partial charge in [-0.25, -0.2) is 4.79 Å². The van der Waals surface area contributed by atoms with Crippen LogP contribution in [0.5, 0.6) is 46.0 Å². The molecule has 0 aromatic heterocycles. The molecule has 0 fully saturated rings. The molecule has 1 aliphatic rings. The summed E-state index contributed by atoms with van der Waals surface area (Å²) in [7, 11) is 14.9. The highest BCUT2D eigenvalue weighted by Gasteiger charge is 2.35. The molecule has 2 amide bonds. The number of ether oxygens (including phenoxy) is 10. The summed E-state index contributed by atoms with van der Waals surface area (Å²) < 4.78 is 54.4. The summed E-state index contributed by atoms with van der Waals surface area (Å²) in [5, 5.41) is 33.2. The van der Waals surface area contributed by atoms with Crippen molar-refractivity contribution in [3.63, 3.8) is 0 Å². The zero-order valence-corrected chi connectivity index (χ0v) is 58.0. The van der Waals surface area contributed by atoms with Gasteiger partial charge in [-0.05, 0) is 77.5 Å². The summed E-state index contributed by atoms with van der Waals surface area (Å²) in [5.41, 5.74) is 4.58. The van der Waals surface area contributed by atoms with Gasteiger partial charge in [-0.15, -0.1) is 0 Å². The van der Waals surface area contributed by atoms with Crippen LogP contribution in [0.15, 0.2) is 45.5 Å². The topological polar surface area (TPSA) is 262 Å². The molecule has 5 N–H and O–H groups in total. The first-order valence-electron chi connectivity index (χ1n) is 32.4. The number of carboxylic acid groups (broad SMARTS) is 1. The number of rotatable bonds is 44. The maximum absolute atomic E-state index is 12.8. The van der Waals surface area contributed by atoms with Crippen molar-refractivity contribution in [2.24, 2.45) is 0 Å². The van der Waals surface area contributed by atoms with Crippen molar-refractivity contribution in [2.75, 3.05) is 97.4 Å². The third kappa shape index (κ3) is 26.1. The Kier molecular flexibility index (Phi) is 42.9. The SMILES string of the molecule is CCCCCCCCC/C(=C\C1=C(C)C(=O)C(OC)=C(OC)C1=O)C(=O)NCCO.CCCCCCCCC/C(=C\c1c(C)c(OC)c(OC)c(OC)c1OC)C(=O)NCCO.CCCCCCCCC/C(=C\c1c(C)c(OC)c(OC)c(OC)c1OC)C(=O)O. The van der Waals surface area contributed by atoms with Crippen LogP contribution in [0.4, 0.5) is 0 Å². The van der Waals surface area contributed by atoms with Gasteiger partial charge >= 0.3 is 5.97 Å². The largest absolute Gasteiger partial charge is 0.492 e. The predicted octanol–water partition coefficient (Wildman–Crippen LogP) is 13.4. The Balaban J connectivity index is 0.000000683. The second-order valence-corrected chi connectivity index (χ2v) is 22.0. The van der Waals surface area contributed by atoms with Gasteiger partial charge in [0.1, 0.15) is 0 Å². The lowest BCUT2D eigenvalue weighted by Crippen LogP contribution is -2.29. The molecular weight excluding hydrogens is 1170 g/mol. The maximum Gasteiger partial charge on any atom is 0.331 e. The van der Waals surface area contributed by atoms with Crippen LogP contribution >= 0.6 is 0 Å². The lowest BCUT2D eigenvalue weighted by atomic mass is 9.90. The molecule has 2 aromatic rings. The quantitative estimate of drug-likeness (QED) is 0.0235. The standard InChI is InChI=1S/C25H41NO6.C23H35NO6.C23H36O6/c1-7-8-9-10-11-12-13-14-19(25(28)26-15-16-27)17-20-18(2)21(29-3)23(31-5)24(32-6)22(20)30-4;1-5-6-7-8-9-10-11-12-17(23(28)24-13-14-25)15-18-16(2)19(26)21(29-3)22(30-4)20(18)27;1-7-8-9-10-11-12-13-14-17(23(24)25)15-18-16(2)19(26-3)21(28-5)22(29-6)20(18)27-4/h17,27H,7-16H2,1-6H3,(H,26,28);15,25H,5-14H2,1-4H3,(H,24,28);15H,7-14H2,1-6H3,(H,24,25)/b19-17+;2*17-15+. The number of carbonyl (C=O) groups is 5. The Morgan fingerprint density at radius 1 is 0.374 bits per heavy atom. The van der Waals surface area contributed by atoms with Crippen LogP contribution in [0.3, 0.4) is 0 Å². The highest BCUT2D eigenvalue weighted by Crippen LogP contribution is 2.51. The van der Waals surface area contributed by atoms with Crippen LogP contribution in [0.2, 0.25) is 0 Å². The van der Waals surface area contributed by atoms with E-state index in [0.29, 0.717) is 93.1 Å². The lowest BCUT2D eigenvalue weighted by molar-refractivity contribution is -0.132. The van der Waals surface area contributed by atoms with E-state index in [-0.39, 0.29) is 60.8 Å². The fourth-order valence-electron chi connectivity index (χ4n) is 10.6. The minimum Gasteiger partial charge on any atom is -0.492 e. The van der Waals surface area contributed by atoms with E-state index >= 15 is 0 Å². The number of carbonyl (C=O) groups excluding carboxylic acids is 4. The number of hydrogen-bond acceptors (Lipinski definition) is 17. The minimum atomic E-state index is -0.925. The average molecular weight is 1280 g/mol. The van der Waals surface area contributed by atoms with Gasteiger partial charge in [0.2, 0.25) is 57.9 Å². The zero-order chi connectivity index (χ0) is 68.3. The summed E-state index contributed by atoms with van der Waals surface area (Å²) in [6.07, 6.45) is 30.4. The van der Waals surface area contributed by atoms with Crippen LogP contribution in [0.1, 0.15) is 204 Å². The van der Waals surface area contributed by atoms with Crippen LogP contribution in [-0.4, -0.2) is 142 Å². The first kappa shape index (κ1) is 81.8. The molecule has 20 heteroatoms. The van der Waals surface area contributed by atoms with Crippen molar-refractivity contribution < 1.29 is 86.7 Å². The Morgan fingerprint density at radius 2 is 0.659 bits per heavy atom. The normalized spacial score (nSPS) is 12.5. The fraction of sp³-hybridized carbons (Fsp3) is 0.620. The van der Waals surface area contributed by atoms with Crippen molar-refractivity contribution in [1.82, 2.24) is 10.6 Å². The van der Waals surface area contributed by atoms with E-state index in [1.54, 1.807) is 34.5 Å². The Bertz CT molecular complexity index is 2740. The molecule has 91 heavy (non-hydrogen) atoms. The summed E-state index contributed by atoms with van der Waals surface area (Å²) in [6.45, 7) is 11.9. The first-order valence-corrected chi connectivity index (χ1v) is 32.4. The number of benzene rings is 2. The molecular formula is C71H112N2O18. The van der Waals surface area contributed by atoms with Gasteiger partial charge in [-0.2, -0.15) is 0 Å². The minimum absolute atomic E-state index is 0.108. The van der Waals surface area contributed by atoms with Crippen LogP contribution in [-0.2, 0) is 33.4 Å². The number of methoxy groups -OCH3 is 10. The summed E-state index contributed by atoms with van der Waals surface area (Å²) >= 11 is 0. The molecule has 0 spiro atoms. The summed E-state index contributed by atoms with van der Waals surface area (Å²) in [5.74, 6) is 0.910. The third-order valence-corrected chi connectivity index (χ3v) is 15.6. The van der Waals surface area contributed by atoms with E-state index in [4.69, 9.17) is 57.6 Å². The molecule has 0 saturated heterocycles. The molecule has 0 atom stereocenters. The number of allylic oxidation sites excluding steroid dienone is 3. The van der Waals surface area contributed by atoms with Crippen LogP contribution in [0, 0.1) is 13.8 Å². The van der Waals surface area contributed by atoms with E-state index in [0.717, 1.165) is 68.9 Å². The van der Waals surface area contributed by atoms with E-state index in [2.05, 4.69) is 31.4 Å². The number of aliphatic carboxylic acids is 1. The van der Waals surface area contributed by atoms with Crippen molar-refractivity contribution in [2.45, 2.75) is 196 Å². The monoisotopic (exact) mass is 1280 g/mol. The number of ketones is 2. The number of Topliss-reactive ketones (excluding diaryl/α,β-unsaturated/α-hetero) is 2. The van der Waals surface area contributed by atoms with Crippen molar-refractivity contribution in [3.05, 3.63) is 67.7 Å². The number of aliphatic hydroxyl groups is 2. The van der Waals surface area contributed by atoms with Gasteiger partial charge in [0, 0.05) is 63.2 Å². The number of hydrogen-bond donors (Lipinski definition) is 5. The molecule has 0 bridgehead atoms. The maximum atomic E-state index is 12.8. The number of unbranched alkanes of at least 4 members (excludes halogenated alkanes) is 18. The van der Waals surface area contributed by atoms with Gasteiger partial charge in [0.15, 0.2) is 23.0 Å². The van der Waals surface area contributed by atoms with Gasteiger partial charge in [-0.3, -0.25) is 19.2 Å². The van der Waals surface area contributed by atoms with Crippen LogP contribution in [0.25, 0.3) is 12.2 Å². The predicted molar refractivity (Wildman–Crippen MR) is 358 cm³/mol. The van der Waals surface area contributed by atoms with Gasteiger partial charge in [0.05, 0.1) is 84.3 Å². The Morgan fingerprint density at radius 3 is 0.967 bits per heavy atom. The number of aliphatic hydroxyl groups excluding tert-OH is 2. The van der Waals surface area contributed by atoms with Crippen LogP contribution < -0.4 is 48.5 Å². The second-order valence-electron chi connectivity index (χ2n) is 22.0. The second kappa shape index (κ2) is 47.7. The zero-order valence-electron chi connectivity index (χ0n) is 58.0. The van der Waals surface area contributed by atoms with E-state index in [1.807, 2.05) is 19.9 Å². The highest BCUT2D eigenvalue weighted by molar-refractivity contribution is 6.25. The number of nitrogens with one attached hydrogen (secondary N) is 2. The van der Waals surface area contributed by atoms with E-state index < -0.39 is 17.5 Å². The molecule has 0 saturated carbocycles. The van der Waals surface area contributed by atoms with E-state index in [9.17, 15) is 29.1 Å². The van der Waals surface area contributed by atoms with E-state index in [1.165, 1.54) is 133 Å². The molecule has 0 radical (unpaired) electrons. The summed E-state index contributed by atoms with van der Waals surface area (Å²) in [4.78, 5) is 62.7. The van der Waals surface area contributed by atoms with Gasteiger partial charge < -0.3 is 73.3 Å². The summed E-state index contributed by atoms with van der Waals surface area (Å²) in [6, 6.07) is 0. The Labute approximate surface area is 543 Å². The Hall–Kier alpha value is -7.19. The van der Waals surface area contributed by atoms with Crippen molar-refractivity contribution in [3.8, 4) is 46.0 Å². The molecule has 3 rings (SSSR count). The molecule has 514 valence electrons. The molecule has 0 heterocycles. The average Bonchev–Trinajstić information content (AvgIpc) is 0.847. The smallest absolute Gasteiger partial charge is 0.331 e. The third-order valence-electron chi connectivity index (χ3n) is 15.6. The lowest BCUT2D eigenvalue weighted by Gasteiger charge is -2.21. The van der Waals surface area contributed by atoms with Crippen molar-refractivity contribution >= 4 is 41.5 Å². The first-order chi connectivity index (χ1) is 43.9. The number of carboxylic acids is 1. The van der Waals surface area contributed by atoms with Crippen molar-refractivity contribution in [1.29, 1.82) is 0 Å². The fourth-order valence-corrected chi connectivity index (χ4v) is 10.6.